The summed E-state index contributed by atoms with van der Waals surface area (Å²) in [6.45, 7) is 0.130. The molecule has 3 aliphatic heterocycles. The smallest absolute Gasteiger partial charge is 0.299 e. The fourth-order valence-electron chi connectivity index (χ4n) is 4.83. The topological polar surface area (TPSA) is 116 Å². The van der Waals surface area contributed by atoms with Gasteiger partial charge in [0.15, 0.2) is 0 Å². The monoisotopic (exact) mass is 478 g/mol. The molecule has 2 fully saturated rings. The Bertz CT molecular complexity index is 1280. The van der Waals surface area contributed by atoms with Crippen molar-refractivity contribution >= 4 is 41.0 Å². The molecule has 3 aliphatic rings. The van der Waals surface area contributed by atoms with Crippen LogP contribution in [-0.2, 0) is 38.4 Å². The summed E-state index contributed by atoms with van der Waals surface area (Å²) in [7, 11) is 0. The zero-order valence-electron chi connectivity index (χ0n) is 18.8. The Kier molecular flexibility index (Phi) is 5.80. The number of nitrogens with one attached hydrogen (secondary N) is 2. The van der Waals surface area contributed by atoms with E-state index in [1.54, 1.807) is 12.1 Å². The third-order valence-electron chi connectivity index (χ3n) is 6.59. The van der Waals surface area contributed by atoms with E-state index in [2.05, 4.69) is 10.6 Å². The molecular formula is C25H23FN4O5. The van der Waals surface area contributed by atoms with Gasteiger partial charge in [0, 0.05) is 25.1 Å². The molecule has 0 radical (unpaired) electrons. The summed E-state index contributed by atoms with van der Waals surface area (Å²) in [6.07, 6.45) is 1.96. The summed E-state index contributed by atoms with van der Waals surface area (Å²) >= 11 is 0. The second-order valence-corrected chi connectivity index (χ2v) is 8.91. The number of benzene rings is 2. The number of carbonyl (C=O) groups is 5. The molecule has 6 amide bonds. The van der Waals surface area contributed by atoms with Crippen molar-refractivity contribution in [2.24, 2.45) is 0 Å². The Balaban J connectivity index is 1.26. The van der Waals surface area contributed by atoms with Crippen LogP contribution in [0, 0.1) is 5.82 Å². The van der Waals surface area contributed by atoms with Crippen molar-refractivity contribution in [3.63, 3.8) is 0 Å². The molecule has 10 heteroatoms. The van der Waals surface area contributed by atoms with Crippen LogP contribution in [0.5, 0.6) is 0 Å². The highest BCUT2D eigenvalue weighted by atomic mass is 19.1. The molecule has 0 aliphatic carbocycles. The van der Waals surface area contributed by atoms with E-state index in [1.165, 1.54) is 15.9 Å². The molecule has 0 spiro atoms. The average molecular weight is 478 g/mol. The van der Waals surface area contributed by atoms with Crippen LogP contribution in [0.25, 0.3) is 0 Å². The third kappa shape index (κ3) is 4.39. The number of urea groups is 1. The summed E-state index contributed by atoms with van der Waals surface area (Å²) in [4.78, 5) is 62.4. The molecule has 0 aromatic heterocycles. The molecule has 180 valence electrons. The number of hydrogen-bond donors (Lipinski definition) is 2. The zero-order valence-corrected chi connectivity index (χ0v) is 18.8. The van der Waals surface area contributed by atoms with Gasteiger partial charge in [-0.25, -0.2) is 9.18 Å². The van der Waals surface area contributed by atoms with E-state index < -0.39 is 23.8 Å². The highest BCUT2D eigenvalue weighted by molar-refractivity contribution is 6.10. The number of piperidine rings is 1. The summed E-state index contributed by atoms with van der Waals surface area (Å²) in [5.74, 6) is -1.86. The Morgan fingerprint density at radius 2 is 1.54 bits per heavy atom. The van der Waals surface area contributed by atoms with Crippen LogP contribution in [0.15, 0.2) is 36.4 Å². The van der Waals surface area contributed by atoms with Gasteiger partial charge in [-0.3, -0.25) is 39.6 Å². The SMILES string of the molecule is O=C1CCC(N2C(=O)Cc3cc(CCc4ccc(N5CCC(=O)NC5=O)c(F)c4)ccc32)C(=O)N1. The Hall–Kier alpha value is -4.08. The van der Waals surface area contributed by atoms with Crippen LogP contribution in [-0.4, -0.2) is 42.2 Å². The summed E-state index contributed by atoms with van der Waals surface area (Å²) in [6, 6.07) is 9.00. The first-order chi connectivity index (χ1) is 16.8. The van der Waals surface area contributed by atoms with E-state index in [-0.39, 0.29) is 49.2 Å². The normalized spacial score (nSPS) is 20.1. The number of anilines is 2. The number of hydrogen-bond acceptors (Lipinski definition) is 5. The number of rotatable bonds is 5. The Morgan fingerprint density at radius 1 is 0.857 bits per heavy atom. The molecule has 0 saturated carbocycles. The Morgan fingerprint density at radius 3 is 2.23 bits per heavy atom. The lowest BCUT2D eigenvalue weighted by atomic mass is 10.0. The van der Waals surface area contributed by atoms with Crippen molar-refractivity contribution in [1.82, 2.24) is 10.6 Å². The molecule has 2 aromatic carbocycles. The zero-order chi connectivity index (χ0) is 24.7. The second kappa shape index (κ2) is 8.94. The maximum Gasteiger partial charge on any atom is 0.328 e. The van der Waals surface area contributed by atoms with Gasteiger partial charge >= 0.3 is 6.03 Å². The van der Waals surface area contributed by atoms with Crippen LogP contribution < -0.4 is 20.4 Å². The van der Waals surface area contributed by atoms with E-state index in [9.17, 15) is 28.4 Å². The van der Waals surface area contributed by atoms with Crippen LogP contribution in [0.2, 0.25) is 0 Å². The summed E-state index contributed by atoms with van der Waals surface area (Å²) in [5.41, 5.74) is 3.36. The van der Waals surface area contributed by atoms with Gasteiger partial charge in [0.1, 0.15) is 11.9 Å². The van der Waals surface area contributed by atoms with Crippen molar-refractivity contribution in [1.29, 1.82) is 0 Å². The minimum absolute atomic E-state index is 0.120. The molecule has 5 rings (SSSR count). The molecule has 2 saturated heterocycles. The molecule has 1 atom stereocenters. The fraction of sp³-hybridized carbons (Fsp3) is 0.320. The molecule has 35 heavy (non-hydrogen) atoms. The van der Waals surface area contributed by atoms with Crippen LogP contribution in [0.3, 0.4) is 0 Å². The van der Waals surface area contributed by atoms with E-state index >= 15 is 0 Å². The Labute approximate surface area is 200 Å². The number of amides is 6. The molecular weight excluding hydrogens is 455 g/mol. The minimum Gasteiger partial charge on any atom is -0.299 e. The second-order valence-electron chi connectivity index (χ2n) is 8.91. The van der Waals surface area contributed by atoms with Crippen LogP contribution >= 0.6 is 0 Å². The molecule has 0 bridgehead atoms. The minimum atomic E-state index is -0.686. The van der Waals surface area contributed by atoms with Gasteiger partial charge in [0.2, 0.25) is 23.6 Å². The highest BCUT2D eigenvalue weighted by Crippen LogP contribution is 2.33. The molecule has 1 unspecified atom stereocenters. The van der Waals surface area contributed by atoms with Gasteiger partial charge in [0.25, 0.3) is 0 Å². The lowest BCUT2D eigenvalue weighted by molar-refractivity contribution is -0.135. The number of imide groups is 2. The molecule has 2 aromatic rings. The summed E-state index contributed by atoms with van der Waals surface area (Å²) < 4.78 is 14.7. The van der Waals surface area contributed by atoms with Crippen LogP contribution in [0.4, 0.5) is 20.6 Å². The first kappa shape index (κ1) is 22.7. The van der Waals surface area contributed by atoms with Gasteiger partial charge in [-0.1, -0.05) is 18.2 Å². The number of nitrogens with zero attached hydrogens (tertiary/aromatic N) is 2. The van der Waals surface area contributed by atoms with Crippen molar-refractivity contribution < 1.29 is 28.4 Å². The molecule has 2 N–H and O–H groups in total. The number of aryl methyl sites for hydroxylation is 2. The number of carbonyl (C=O) groups excluding carboxylic acids is 5. The first-order valence-electron chi connectivity index (χ1n) is 11.5. The van der Waals surface area contributed by atoms with Crippen molar-refractivity contribution in [2.45, 2.75) is 44.6 Å². The maximum absolute atomic E-state index is 14.7. The van der Waals surface area contributed by atoms with Gasteiger partial charge < -0.3 is 0 Å². The fourth-order valence-corrected chi connectivity index (χ4v) is 4.83. The van der Waals surface area contributed by atoms with E-state index in [0.717, 1.165) is 16.7 Å². The predicted octanol–water partition coefficient (Wildman–Crippen LogP) is 1.75. The highest BCUT2D eigenvalue weighted by Gasteiger charge is 2.39. The molecule has 9 nitrogen and oxygen atoms in total. The van der Waals surface area contributed by atoms with Crippen molar-refractivity contribution in [3.8, 4) is 0 Å². The van der Waals surface area contributed by atoms with Gasteiger partial charge in [-0.15, -0.1) is 0 Å². The summed E-state index contributed by atoms with van der Waals surface area (Å²) in [5, 5.41) is 4.48. The van der Waals surface area contributed by atoms with E-state index in [0.29, 0.717) is 24.9 Å². The first-order valence-corrected chi connectivity index (χ1v) is 11.5. The van der Waals surface area contributed by atoms with Gasteiger partial charge in [0.05, 0.1) is 12.1 Å². The number of fused-ring (bicyclic) bond motifs is 1. The molecule has 3 heterocycles. The third-order valence-corrected chi connectivity index (χ3v) is 6.59. The maximum atomic E-state index is 14.7. The average Bonchev–Trinajstić information content (AvgIpc) is 3.13. The van der Waals surface area contributed by atoms with E-state index in [4.69, 9.17) is 0 Å². The quantitative estimate of drug-likeness (QED) is 0.636. The lowest BCUT2D eigenvalue weighted by Gasteiger charge is -2.30. The number of halogens is 1. The lowest BCUT2D eigenvalue weighted by Crippen LogP contribution is -2.53. The van der Waals surface area contributed by atoms with Gasteiger partial charge in [-0.2, -0.15) is 0 Å². The standard InChI is InChI=1S/C25H23FN4O5/c26-17-12-15(4-6-19(17)29-10-9-22(32)28-25(29)35)2-1-14-3-5-18-16(11-14)13-23(33)30(18)20-7-8-21(31)27-24(20)34/h3-6,11-12,20H,1-2,7-10,13H2,(H,27,31,34)(H,28,32,35). The largest absolute Gasteiger partial charge is 0.328 e. The predicted molar refractivity (Wildman–Crippen MR) is 123 cm³/mol. The van der Waals surface area contributed by atoms with Crippen molar-refractivity contribution in [3.05, 3.63) is 58.9 Å². The van der Waals surface area contributed by atoms with E-state index in [1.807, 2.05) is 18.2 Å². The van der Waals surface area contributed by atoms with Crippen molar-refractivity contribution in [2.75, 3.05) is 16.3 Å². The van der Waals surface area contributed by atoms with Gasteiger partial charge in [-0.05, 0) is 54.2 Å². The van der Waals surface area contributed by atoms with Crippen LogP contribution in [0.1, 0.15) is 36.0 Å².